The Morgan fingerprint density at radius 1 is 0.889 bits per heavy atom. The van der Waals surface area contributed by atoms with E-state index in [4.69, 9.17) is 11.5 Å². The fraction of sp³-hybridized carbons (Fsp3) is 1.00. The van der Waals surface area contributed by atoms with E-state index in [9.17, 15) is 0 Å². The zero-order chi connectivity index (χ0) is 5.54. The normalized spacial score (nSPS) is 7.33. The van der Waals surface area contributed by atoms with Crippen LogP contribution in [0.4, 0.5) is 0 Å². The summed E-state index contributed by atoms with van der Waals surface area (Å²) in [6.45, 7) is 3.13. The fourth-order valence-corrected chi connectivity index (χ4v) is 0.329. The summed E-state index contributed by atoms with van der Waals surface area (Å²) < 4.78 is 0. The second-order valence-electron chi connectivity index (χ2n) is 1.33. The van der Waals surface area contributed by atoms with Crippen molar-refractivity contribution < 1.29 is 0 Å². The summed E-state index contributed by atoms with van der Waals surface area (Å²) >= 11 is 0. The molecule has 0 saturated heterocycles. The summed E-state index contributed by atoms with van der Waals surface area (Å²) in [4.78, 5) is 0. The molecule has 0 atom stereocenters. The van der Waals surface area contributed by atoms with E-state index in [0.717, 1.165) is 13.1 Å². The summed E-state index contributed by atoms with van der Waals surface area (Å²) in [6.07, 6.45) is 0. The van der Waals surface area contributed by atoms with Gasteiger partial charge in [0.25, 0.3) is 0 Å². The number of hydrogen-bond donors (Lipinski definition) is 3. The maximum atomic E-state index is 5.17. The molecule has 0 heterocycles. The first-order valence-corrected chi connectivity index (χ1v) is 2.52. The largest absolute Gasteiger partial charge is 0.329 e. The van der Waals surface area contributed by atoms with Crippen molar-refractivity contribution in [3.05, 3.63) is 0 Å². The minimum atomic E-state index is 0. The van der Waals surface area contributed by atoms with Crippen LogP contribution in [-0.4, -0.2) is 85.3 Å². The van der Waals surface area contributed by atoms with Gasteiger partial charge in [0.2, 0.25) is 0 Å². The van der Waals surface area contributed by atoms with Gasteiger partial charge in [-0.1, -0.05) is 0 Å². The van der Waals surface area contributed by atoms with Gasteiger partial charge in [0.15, 0.2) is 0 Å². The van der Waals surface area contributed by atoms with Crippen molar-refractivity contribution in [3.63, 3.8) is 0 Å². The van der Waals surface area contributed by atoms with Crippen molar-refractivity contribution >= 4 is 59.1 Å². The Bertz CT molecular complexity index is 33.0. The SMILES string of the molecule is NCCNCCN.[Na].[Na]. The summed E-state index contributed by atoms with van der Waals surface area (Å²) in [5, 5.41) is 3.03. The van der Waals surface area contributed by atoms with Gasteiger partial charge >= 0.3 is 0 Å². The van der Waals surface area contributed by atoms with Gasteiger partial charge in [0.05, 0.1) is 0 Å². The molecule has 0 unspecified atom stereocenters. The molecule has 0 amide bonds. The predicted octanol–water partition coefficient (Wildman–Crippen LogP) is -2.27. The number of nitrogens with one attached hydrogen (secondary N) is 1. The molecular weight excluding hydrogens is 136 g/mol. The first kappa shape index (κ1) is 17.1. The summed E-state index contributed by atoms with van der Waals surface area (Å²) in [7, 11) is 0. The Labute approximate surface area is 101 Å². The molecule has 5 heteroatoms. The molecule has 5 N–H and O–H groups in total. The standard InChI is InChI=1S/C4H13N3.2Na/c5-1-3-7-4-2-6;;/h7H,1-6H2;;. The van der Waals surface area contributed by atoms with Gasteiger partial charge in [-0.3, -0.25) is 0 Å². The summed E-state index contributed by atoms with van der Waals surface area (Å²) in [6, 6.07) is 0. The molecule has 0 aromatic rings. The molecule has 3 nitrogen and oxygen atoms in total. The molecule has 46 valence electrons. The van der Waals surface area contributed by atoms with Crippen molar-refractivity contribution in [2.75, 3.05) is 26.2 Å². The number of rotatable bonds is 4. The van der Waals surface area contributed by atoms with Crippen LogP contribution in [0.5, 0.6) is 0 Å². The number of hydrogen-bond acceptors (Lipinski definition) is 3. The third-order valence-electron chi connectivity index (χ3n) is 0.642. The molecule has 0 spiro atoms. The number of nitrogens with two attached hydrogens (primary N) is 2. The van der Waals surface area contributed by atoms with E-state index < -0.39 is 0 Å². The van der Waals surface area contributed by atoms with Crippen LogP contribution in [0.2, 0.25) is 0 Å². The van der Waals surface area contributed by atoms with Gasteiger partial charge < -0.3 is 16.8 Å². The first-order valence-electron chi connectivity index (χ1n) is 2.52. The first-order chi connectivity index (χ1) is 3.41. The van der Waals surface area contributed by atoms with Crippen LogP contribution >= 0.6 is 0 Å². The van der Waals surface area contributed by atoms with Crippen LogP contribution < -0.4 is 16.8 Å². The van der Waals surface area contributed by atoms with Crippen molar-refractivity contribution in [3.8, 4) is 0 Å². The van der Waals surface area contributed by atoms with Gasteiger partial charge in [-0.15, -0.1) is 0 Å². The predicted molar refractivity (Wildman–Crippen MR) is 42.5 cm³/mol. The minimum Gasteiger partial charge on any atom is -0.329 e. The average molecular weight is 149 g/mol. The maximum absolute atomic E-state index is 5.17. The molecular formula is C4H13N3Na2. The monoisotopic (exact) mass is 149 g/mol. The van der Waals surface area contributed by atoms with E-state index in [0.29, 0.717) is 13.1 Å². The smallest absolute Gasteiger partial charge is 0.00750 e. The topological polar surface area (TPSA) is 64.1 Å². The fourth-order valence-electron chi connectivity index (χ4n) is 0.329. The molecule has 9 heavy (non-hydrogen) atoms. The quantitative estimate of drug-likeness (QED) is 0.312. The van der Waals surface area contributed by atoms with Crippen molar-refractivity contribution in [2.24, 2.45) is 11.5 Å². The summed E-state index contributed by atoms with van der Waals surface area (Å²) in [5.74, 6) is 0. The van der Waals surface area contributed by atoms with E-state index in [1.807, 2.05) is 0 Å². The molecule has 2 radical (unpaired) electrons. The molecule has 0 rings (SSSR count). The van der Waals surface area contributed by atoms with Crippen molar-refractivity contribution in [2.45, 2.75) is 0 Å². The third kappa shape index (κ3) is 17.7. The second-order valence-corrected chi connectivity index (χ2v) is 1.33. The zero-order valence-corrected chi connectivity index (χ0v) is 10.5. The van der Waals surface area contributed by atoms with E-state index in [2.05, 4.69) is 5.32 Å². The Morgan fingerprint density at radius 2 is 1.22 bits per heavy atom. The molecule has 0 aromatic carbocycles. The van der Waals surface area contributed by atoms with E-state index >= 15 is 0 Å². The molecule has 0 saturated carbocycles. The van der Waals surface area contributed by atoms with Gasteiger partial charge in [-0.2, -0.15) is 0 Å². The Morgan fingerprint density at radius 3 is 1.44 bits per heavy atom. The van der Waals surface area contributed by atoms with Crippen LogP contribution in [0.15, 0.2) is 0 Å². The molecule has 0 aromatic heterocycles. The molecule has 0 aliphatic carbocycles. The Balaban J connectivity index is -0.000000180. The van der Waals surface area contributed by atoms with Crippen molar-refractivity contribution in [1.82, 2.24) is 5.32 Å². The van der Waals surface area contributed by atoms with Crippen LogP contribution in [0.25, 0.3) is 0 Å². The van der Waals surface area contributed by atoms with Crippen molar-refractivity contribution in [1.29, 1.82) is 0 Å². The average Bonchev–Trinajstić information content (AvgIpc) is 1.69. The van der Waals surface area contributed by atoms with Gasteiger partial charge in [-0.25, -0.2) is 0 Å². The van der Waals surface area contributed by atoms with Gasteiger partial charge in [-0.05, 0) is 0 Å². The molecule has 0 fully saturated rings. The van der Waals surface area contributed by atoms with Crippen LogP contribution in [-0.2, 0) is 0 Å². The molecule has 0 bridgehead atoms. The van der Waals surface area contributed by atoms with Gasteiger partial charge in [0.1, 0.15) is 0 Å². The van der Waals surface area contributed by atoms with Crippen LogP contribution in [0.3, 0.4) is 0 Å². The Kier molecular flexibility index (Phi) is 31.3. The van der Waals surface area contributed by atoms with E-state index in [1.165, 1.54) is 0 Å². The maximum Gasteiger partial charge on any atom is 0.00750 e. The Hall–Kier alpha value is 1.88. The third-order valence-corrected chi connectivity index (χ3v) is 0.642. The molecule has 0 aliphatic heterocycles. The minimum absolute atomic E-state index is 0. The van der Waals surface area contributed by atoms with Crippen LogP contribution in [0.1, 0.15) is 0 Å². The van der Waals surface area contributed by atoms with E-state index in [-0.39, 0.29) is 59.1 Å². The molecule has 0 aliphatic rings. The van der Waals surface area contributed by atoms with Crippen LogP contribution in [0, 0.1) is 0 Å². The van der Waals surface area contributed by atoms with E-state index in [1.54, 1.807) is 0 Å². The second kappa shape index (κ2) is 16.5. The summed E-state index contributed by atoms with van der Waals surface area (Å²) in [5.41, 5.74) is 10.3. The zero-order valence-electron chi connectivity index (χ0n) is 6.48. The van der Waals surface area contributed by atoms with Gasteiger partial charge in [0, 0.05) is 85.3 Å².